The van der Waals surface area contributed by atoms with Crippen LogP contribution in [-0.2, 0) is 4.74 Å². The lowest BCUT2D eigenvalue weighted by molar-refractivity contribution is 0.271. The summed E-state index contributed by atoms with van der Waals surface area (Å²) in [5.41, 5.74) is 0.218. The molecular weight excluding hydrogens is 128 g/mol. The minimum Gasteiger partial charge on any atom is -0.396 e. The number of hydrogen-bond donors (Lipinski definition) is 1. The van der Waals surface area contributed by atoms with Gasteiger partial charge >= 0.3 is 0 Å². The molecule has 0 amide bonds. The summed E-state index contributed by atoms with van der Waals surface area (Å²) >= 11 is 0. The van der Waals surface area contributed by atoms with Crippen LogP contribution < -0.4 is 0 Å². The van der Waals surface area contributed by atoms with Crippen molar-refractivity contribution >= 4 is 0 Å². The Bertz CT molecular complexity index is 97.4. The molecule has 1 atom stereocenters. The predicted molar refractivity (Wildman–Crippen MR) is 39.9 cm³/mol. The molecule has 0 spiro atoms. The summed E-state index contributed by atoms with van der Waals surface area (Å²) in [6.07, 6.45) is 4.43. The van der Waals surface area contributed by atoms with E-state index in [1.807, 2.05) is 0 Å². The molecule has 1 N–H and O–H groups in total. The minimum absolute atomic E-state index is 0.218. The van der Waals surface area contributed by atoms with Crippen molar-refractivity contribution < 1.29 is 9.84 Å². The molecule has 0 aromatic rings. The highest BCUT2D eigenvalue weighted by Crippen LogP contribution is 2.31. The second-order valence-corrected chi connectivity index (χ2v) is 3.27. The lowest BCUT2D eigenvalue weighted by Crippen LogP contribution is -2.03. The Morgan fingerprint density at radius 1 is 1.40 bits per heavy atom. The van der Waals surface area contributed by atoms with Crippen LogP contribution in [0.2, 0.25) is 0 Å². The van der Waals surface area contributed by atoms with Gasteiger partial charge in [-0.2, -0.15) is 0 Å². The van der Waals surface area contributed by atoms with E-state index in [-0.39, 0.29) is 5.60 Å². The molecule has 1 fully saturated rings. The second kappa shape index (κ2) is 3.35. The van der Waals surface area contributed by atoms with Gasteiger partial charge in [0.25, 0.3) is 0 Å². The first-order chi connectivity index (χ1) is 4.77. The van der Waals surface area contributed by atoms with Gasteiger partial charge in [0.05, 0.1) is 12.2 Å². The third kappa shape index (κ3) is 2.67. The molecule has 10 heavy (non-hydrogen) atoms. The van der Waals surface area contributed by atoms with Crippen LogP contribution in [0.4, 0.5) is 0 Å². The van der Waals surface area contributed by atoms with E-state index in [9.17, 15) is 0 Å². The zero-order chi connectivity index (χ0) is 7.45. The lowest BCUT2D eigenvalue weighted by atomic mass is 10.0. The fraction of sp³-hybridized carbons (Fsp3) is 1.00. The van der Waals surface area contributed by atoms with Gasteiger partial charge in [0.1, 0.15) is 0 Å². The van der Waals surface area contributed by atoms with Crippen LogP contribution in [-0.4, -0.2) is 23.9 Å². The molecule has 1 heterocycles. The molecule has 0 aliphatic carbocycles. The van der Waals surface area contributed by atoms with Gasteiger partial charge in [0.2, 0.25) is 0 Å². The number of unbranched alkanes of at least 4 members (excludes halogenated alkanes) is 2. The van der Waals surface area contributed by atoms with Crippen molar-refractivity contribution in [1.29, 1.82) is 0 Å². The normalized spacial score (nSPS) is 30.6. The highest BCUT2D eigenvalue weighted by Gasteiger charge is 2.37. The van der Waals surface area contributed by atoms with Crippen molar-refractivity contribution in [2.75, 3.05) is 13.2 Å². The zero-order valence-electron chi connectivity index (χ0n) is 6.60. The van der Waals surface area contributed by atoms with Crippen LogP contribution >= 0.6 is 0 Å². The van der Waals surface area contributed by atoms with Gasteiger partial charge in [-0.3, -0.25) is 0 Å². The van der Waals surface area contributed by atoms with Gasteiger partial charge < -0.3 is 9.84 Å². The van der Waals surface area contributed by atoms with Gasteiger partial charge in [0, 0.05) is 6.61 Å². The molecule has 0 radical (unpaired) electrons. The Kier molecular flexibility index (Phi) is 2.69. The molecule has 1 aliphatic rings. The van der Waals surface area contributed by atoms with E-state index in [4.69, 9.17) is 9.84 Å². The number of epoxide rings is 1. The van der Waals surface area contributed by atoms with Crippen LogP contribution in [0.15, 0.2) is 0 Å². The standard InChI is InChI=1S/C8H16O2/c1-8(7-10-8)5-3-2-4-6-9/h9H,2-7H2,1H3. The fourth-order valence-electron chi connectivity index (χ4n) is 1.06. The molecule has 0 saturated carbocycles. The third-order valence-electron chi connectivity index (χ3n) is 2.00. The van der Waals surface area contributed by atoms with Gasteiger partial charge in [-0.05, 0) is 19.8 Å². The largest absolute Gasteiger partial charge is 0.396 e. The van der Waals surface area contributed by atoms with Crippen molar-refractivity contribution in [3.63, 3.8) is 0 Å². The monoisotopic (exact) mass is 144 g/mol. The van der Waals surface area contributed by atoms with Crippen molar-refractivity contribution in [3.05, 3.63) is 0 Å². The van der Waals surface area contributed by atoms with Crippen molar-refractivity contribution in [2.24, 2.45) is 0 Å². The topological polar surface area (TPSA) is 32.8 Å². The van der Waals surface area contributed by atoms with E-state index in [0.29, 0.717) is 6.61 Å². The summed E-state index contributed by atoms with van der Waals surface area (Å²) in [6, 6.07) is 0. The first-order valence-corrected chi connectivity index (χ1v) is 4.02. The molecule has 1 saturated heterocycles. The summed E-state index contributed by atoms with van der Waals surface area (Å²) in [5.74, 6) is 0. The minimum atomic E-state index is 0.218. The number of aliphatic hydroxyl groups is 1. The highest BCUT2D eigenvalue weighted by atomic mass is 16.6. The van der Waals surface area contributed by atoms with E-state index in [2.05, 4.69) is 6.92 Å². The molecule has 1 unspecified atom stereocenters. The second-order valence-electron chi connectivity index (χ2n) is 3.27. The molecule has 2 heteroatoms. The molecule has 0 bridgehead atoms. The molecule has 2 nitrogen and oxygen atoms in total. The van der Waals surface area contributed by atoms with Crippen molar-refractivity contribution in [3.8, 4) is 0 Å². The molecule has 1 rings (SSSR count). The summed E-state index contributed by atoms with van der Waals surface area (Å²) in [7, 11) is 0. The summed E-state index contributed by atoms with van der Waals surface area (Å²) < 4.78 is 5.21. The Hall–Kier alpha value is -0.0800. The smallest absolute Gasteiger partial charge is 0.0888 e. The zero-order valence-corrected chi connectivity index (χ0v) is 6.60. The molecule has 1 aliphatic heterocycles. The average molecular weight is 144 g/mol. The van der Waals surface area contributed by atoms with Gasteiger partial charge in [-0.15, -0.1) is 0 Å². The van der Waals surface area contributed by atoms with E-state index in [0.717, 1.165) is 25.9 Å². The Labute approximate surface area is 62.2 Å². The maximum absolute atomic E-state index is 8.48. The van der Waals surface area contributed by atoms with Crippen molar-refractivity contribution in [2.45, 2.75) is 38.2 Å². The Morgan fingerprint density at radius 3 is 2.60 bits per heavy atom. The van der Waals surface area contributed by atoms with E-state index in [1.54, 1.807) is 0 Å². The molecule has 60 valence electrons. The SMILES string of the molecule is CC1(CCCCCO)CO1. The summed E-state index contributed by atoms with van der Waals surface area (Å²) in [4.78, 5) is 0. The van der Waals surface area contributed by atoms with Crippen LogP contribution in [0.5, 0.6) is 0 Å². The maximum Gasteiger partial charge on any atom is 0.0888 e. The Balaban J connectivity index is 1.86. The number of hydrogen-bond acceptors (Lipinski definition) is 2. The summed E-state index contributed by atoms with van der Waals surface area (Å²) in [5, 5.41) is 8.48. The van der Waals surface area contributed by atoms with Gasteiger partial charge in [-0.1, -0.05) is 12.8 Å². The van der Waals surface area contributed by atoms with E-state index >= 15 is 0 Å². The molecular formula is C8H16O2. The molecule has 0 aromatic heterocycles. The van der Waals surface area contributed by atoms with Crippen LogP contribution in [0.3, 0.4) is 0 Å². The lowest BCUT2D eigenvalue weighted by Gasteiger charge is -2.02. The number of rotatable bonds is 5. The number of aliphatic hydroxyl groups excluding tert-OH is 1. The van der Waals surface area contributed by atoms with Crippen LogP contribution in [0, 0.1) is 0 Å². The Morgan fingerprint density at radius 2 is 2.10 bits per heavy atom. The predicted octanol–water partition coefficient (Wildman–Crippen LogP) is 1.33. The average Bonchev–Trinajstić information content (AvgIpc) is 2.62. The first kappa shape index (κ1) is 8.02. The molecule has 0 aromatic carbocycles. The van der Waals surface area contributed by atoms with Crippen molar-refractivity contribution in [1.82, 2.24) is 0 Å². The van der Waals surface area contributed by atoms with Gasteiger partial charge in [0.15, 0.2) is 0 Å². The van der Waals surface area contributed by atoms with E-state index < -0.39 is 0 Å². The maximum atomic E-state index is 8.48. The van der Waals surface area contributed by atoms with E-state index in [1.165, 1.54) is 6.42 Å². The summed E-state index contributed by atoms with van der Waals surface area (Å²) in [6.45, 7) is 3.41. The van der Waals surface area contributed by atoms with Gasteiger partial charge in [-0.25, -0.2) is 0 Å². The number of ether oxygens (including phenoxy) is 1. The quantitative estimate of drug-likeness (QED) is 0.466. The fourth-order valence-corrected chi connectivity index (χ4v) is 1.06. The van der Waals surface area contributed by atoms with Crippen LogP contribution in [0.25, 0.3) is 0 Å². The highest BCUT2D eigenvalue weighted by molar-refractivity contribution is 4.86. The first-order valence-electron chi connectivity index (χ1n) is 4.02. The van der Waals surface area contributed by atoms with Crippen LogP contribution in [0.1, 0.15) is 32.6 Å². The third-order valence-corrected chi connectivity index (χ3v) is 2.00.